The molecule has 0 saturated heterocycles. The number of carbonyl (C=O) groups is 2. The van der Waals surface area contributed by atoms with Crippen molar-refractivity contribution in [2.24, 2.45) is 0 Å². The molecule has 0 fully saturated rings. The van der Waals surface area contributed by atoms with Crippen molar-refractivity contribution in [3.8, 4) is 5.75 Å². The monoisotopic (exact) mass is 523 g/mol. The van der Waals surface area contributed by atoms with Crippen molar-refractivity contribution in [2.75, 3.05) is 11.9 Å². The van der Waals surface area contributed by atoms with Crippen LogP contribution in [-0.4, -0.2) is 18.5 Å². The lowest BCUT2D eigenvalue weighted by Crippen LogP contribution is -2.20. The summed E-state index contributed by atoms with van der Waals surface area (Å²) in [6, 6.07) is 16.9. The summed E-state index contributed by atoms with van der Waals surface area (Å²) in [5.74, 6) is -0.598. The first kappa shape index (κ1) is 24.9. The van der Waals surface area contributed by atoms with E-state index in [9.17, 15) is 9.59 Å². The van der Waals surface area contributed by atoms with Crippen molar-refractivity contribution in [2.45, 2.75) is 6.61 Å². The minimum atomic E-state index is -0.670. The molecule has 9 heteroatoms. The van der Waals surface area contributed by atoms with Crippen LogP contribution in [0.5, 0.6) is 5.75 Å². The van der Waals surface area contributed by atoms with Gasteiger partial charge in [-0.2, -0.15) is 0 Å². The summed E-state index contributed by atoms with van der Waals surface area (Å²) in [6.45, 7) is -0.244. The topological polar surface area (TPSA) is 64.6 Å². The van der Waals surface area contributed by atoms with Crippen molar-refractivity contribution in [3.05, 3.63) is 98.0 Å². The molecule has 1 N–H and O–H groups in total. The molecule has 0 unspecified atom stereocenters. The van der Waals surface area contributed by atoms with E-state index in [4.69, 9.17) is 55.9 Å². The zero-order valence-corrected chi connectivity index (χ0v) is 20.0. The molecule has 5 nitrogen and oxygen atoms in total. The Morgan fingerprint density at radius 1 is 0.879 bits per heavy atom. The minimum Gasteiger partial charge on any atom is -0.489 e. The molecule has 170 valence electrons. The van der Waals surface area contributed by atoms with E-state index in [2.05, 4.69) is 5.32 Å². The summed E-state index contributed by atoms with van der Waals surface area (Å²) in [6.07, 6.45) is 2.78. The van der Waals surface area contributed by atoms with Gasteiger partial charge in [0.05, 0.1) is 10.7 Å². The van der Waals surface area contributed by atoms with Crippen molar-refractivity contribution in [1.82, 2.24) is 0 Å². The normalized spacial score (nSPS) is 10.8. The van der Waals surface area contributed by atoms with Gasteiger partial charge in [-0.05, 0) is 54.1 Å². The molecular formula is C24H17Cl4NO4. The Morgan fingerprint density at radius 3 is 2.27 bits per heavy atom. The Kier molecular flexibility index (Phi) is 9.03. The van der Waals surface area contributed by atoms with Crippen molar-refractivity contribution < 1.29 is 19.1 Å². The standard InChI is InChI=1S/C24H17Cl4NO4/c25-16-7-10-21(28)22(12-16)29-23(30)14-33-24(31)11-6-15-4-8-17(9-5-15)32-13-18-19(26)2-1-3-20(18)27/h1-12H,13-14H2,(H,29,30)/b11-6+. The number of rotatable bonds is 8. The molecule has 0 bridgehead atoms. The first-order chi connectivity index (χ1) is 15.8. The average Bonchev–Trinajstić information content (AvgIpc) is 2.79. The van der Waals surface area contributed by atoms with Gasteiger partial charge >= 0.3 is 5.97 Å². The maximum atomic E-state index is 12.0. The number of hydrogen-bond donors (Lipinski definition) is 1. The van der Waals surface area contributed by atoms with Gasteiger partial charge in [0.15, 0.2) is 6.61 Å². The zero-order chi connectivity index (χ0) is 23.8. The highest BCUT2D eigenvalue weighted by molar-refractivity contribution is 6.36. The molecule has 33 heavy (non-hydrogen) atoms. The molecule has 0 radical (unpaired) electrons. The van der Waals surface area contributed by atoms with E-state index in [0.717, 1.165) is 5.56 Å². The summed E-state index contributed by atoms with van der Waals surface area (Å²) in [5, 5.41) is 4.33. The first-order valence-corrected chi connectivity index (χ1v) is 11.1. The van der Waals surface area contributed by atoms with Crippen molar-refractivity contribution >= 4 is 70.0 Å². The van der Waals surface area contributed by atoms with E-state index in [1.807, 2.05) is 0 Å². The third-order valence-electron chi connectivity index (χ3n) is 4.28. The predicted molar refractivity (Wildman–Crippen MR) is 132 cm³/mol. The van der Waals surface area contributed by atoms with E-state index < -0.39 is 18.5 Å². The van der Waals surface area contributed by atoms with Gasteiger partial charge in [-0.3, -0.25) is 4.79 Å². The van der Waals surface area contributed by atoms with Crippen LogP contribution in [0.1, 0.15) is 11.1 Å². The van der Waals surface area contributed by atoms with Crippen molar-refractivity contribution in [1.29, 1.82) is 0 Å². The second-order valence-corrected chi connectivity index (χ2v) is 8.33. The average molecular weight is 525 g/mol. The maximum absolute atomic E-state index is 12.0. The van der Waals surface area contributed by atoms with E-state index in [-0.39, 0.29) is 6.61 Å². The molecule has 0 aliphatic rings. The van der Waals surface area contributed by atoms with Crippen LogP contribution in [0.4, 0.5) is 5.69 Å². The minimum absolute atomic E-state index is 0.225. The molecule has 3 aromatic rings. The molecule has 0 aromatic heterocycles. The number of halogens is 4. The summed E-state index contributed by atoms with van der Waals surface area (Å²) < 4.78 is 10.7. The van der Waals surface area contributed by atoms with Gasteiger partial charge in [-0.15, -0.1) is 0 Å². The molecule has 0 aliphatic heterocycles. The molecule has 3 rings (SSSR count). The molecule has 0 spiro atoms. The molecule has 0 heterocycles. The Balaban J connectivity index is 1.46. The Labute approximate surface area is 210 Å². The third-order valence-corrected chi connectivity index (χ3v) is 5.56. The quantitative estimate of drug-likeness (QED) is 0.252. The number of ether oxygens (including phenoxy) is 2. The number of esters is 1. The second-order valence-electron chi connectivity index (χ2n) is 6.67. The Bertz CT molecular complexity index is 1160. The predicted octanol–water partition coefficient (Wildman–Crippen LogP) is 7.07. The third kappa shape index (κ3) is 7.69. The summed E-state index contributed by atoms with van der Waals surface area (Å²) in [5.41, 5.74) is 1.78. The van der Waals surface area contributed by atoms with Crippen LogP contribution in [0, 0.1) is 0 Å². The van der Waals surface area contributed by atoms with Crippen LogP contribution >= 0.6 is 46.4 Å². The fourth-order valence-corrected chi connectivity index (χ4v) is 3.47. The van der Waals surface area contributed by atoms with E-state index in [1.54, 1.807) is 60.7 Å². The molecule has 0 aliphatic carbocycles. The van der Waals surface area contributed by atoms with Crippen molar-refractivity contribution in [3.63, 3.8) is 0 Å². The SMILES string of the molecule is O=C(COC(=O)/C=C/c1ccc(OCc2c(Cl)cccc2Cl)cc1)Nc1cc(Cl)ccc1Cl. The first-order valence-electron chi connectivity index (χ1n) is 9.57. The van der Waals surface area contributed by atoms with Crippen LogP contribution < -0.4 is 10.1 Å². The Morgan fingerprint density at radius 2 is 1.58 bits per heavy atom. The zero-order valence-electron chi connectivity index (χ0n) is 17.0. The fraction of sp³-hybridized carbons (Fsp3) is 0.0833. The highest BCUT2D eigenvalue weighted by Crippen LogP contribution is 2.26. The maximum Gasteiger partial charge on any atom is 0.331 e. The van der Waals surface area contributed by atoms with Gasteiger partial charge in [0.25, 0.3) is 5.91 Å². The van der Waals surface area contributed by atoms with Crippen LogP contribution in [0.2, 0.25) is 20.1 Å². The number of benzene rings is 3. The van der Waals surface area contributed by atoms with Gasteiger partial charge in [-0.1, -0.05) is 64.6 Å². The highest BCUT2D eigenvalue weighted by atomic mass is 35.5. The highest BCUT2D eigenvalue weighted by Gasteiger charge is 2.09. The van der Waals surface area contributed by atoms with E-state index in [1.165, 1.54) is 12.1 Å². The van der Waals surface area contributed by atoms with Crippen LogP contribution in [-0.2, 0) is 20.9 Å². The largest absolute Gasteiger partial charge is 0.489 e. The van der Waals surface area contributed by atoms with Crippen LogP contribution in [0.3, 0.4) is 0 Å². The second kappa shape index (κ2) is 12.0. The lowest BCUT2D eigenvalue weighted by Gasteiger charge is -2.09. The number of carbonyl (C=O) groups excluding carboxylic acids is 2. The Hall–Kier alpha value is -2.70. The molecule has 3 aromatic carbocycles. The molecule has 0 atom stereocenters. The van der Waals surface area contributed by atoms with E-state index >= 15 is 0 Å². The summed E-state index contributed by atoms with van der Waals surface area (Å²) in [7, 11) is 0. The number of nitrogens with one attached hydrogen (secondary N) is 1. The van der Waals surface area contributed by atoms with Crippen LogP contribution in [0.25, 0.3) is 6.08 Å². The lowest BCUT2D eigenvalue weighted by atomic mass is 10.2. The molecule has 0 saturated carbocycles. The lowest BCUT2D eigenvalue weighted by molar-refractivity contribution is -0.142. The summed E-state index contributed by atoms with van der Waals surface area (Å²) in [4.78, 5) is 23.9. The molecular weight excluding hydrogens is 508 g/mol. The van der Waals surface area contributed by atoms with Gasteiger partial charge in [-0.25, -0.2) is 4.79 Å². The van der Waals surface area contributed by atoms with Gasteiger partial charge in [0.1, 0.15) is 12.4 Å². The summed E-state index contributed by atoms with van der Waals surface area (Å²) >= 11 is 24.1. The van der Waals surface area contributed by atoms with Gasteiger partial charge < -0.3 is 14.8 Å². The van der Waals surface area contributed by atoms with Gasteiger partial charge in [0.2, 0.25) is 0 Å². The fourth-order valence-electron chi connectivity index (χ4n) is 2.63. The van der Waals surface area contributed by atoms with E-state index in [0.29, 0.717) is 37.1 Å². The number of anilines is 1. The smallest absolute Gasteiger partial charge is 0.331 e. The number of hydrogen-bond acceptors (Lipinski definition) is 4. The molecule has 1 amide bonds. The van der Waals surface area contributed by atoms with Gasteiger partial charge in [0, 0.05) is 26.7 Å². The van der Waals surface area contributed by atoms with Crippen LogP contribution in [0.15, 0.2) is 66.7 Å². The number of amides is 1.